The van der Waals surface area contributed by atoms with Gasteiger partial charge in [-0.2, -0.15) is 0 Å². The summed E-state index contributed by atoms with van der Waals surface area (Å²) >= 11 is 3.33. The maximum atomic E-state index is 10.8. The summed E-state index contributed by atoms with van der Waals surface area (Å²) in [5.41, 5.74) is 0. The van der Waals surface area contributed by atoms with Gasteiger partial charge in [-0.05, 0) is 6.08 Å². The van der Waals surface area contributed by atoms with Gasteiger partial charge in [-0.3, -0.25) is 4.79 Å². The zero-order chi connectivity index (χ0) is 9.42. The van der Waals surface area contributed by atoms with Crippen LogP contribution in [0.2, 0.25) is 0 Å². The molecule has 1 saturated heterocycles. The van der Waals surface area contributed by atoms with E-state index >= 15 is 0 Å². The number of rotatable bonds is 1. The molecule has 0 aromatic heterocycles. The van der Waals surface area contributed by atoms with Gasteiger partial charge in [0.25, 0.3) is 0 Å². The maximum Gasteiger partial charge on any atom is 0.303 e. The van der Waals surface area contributed by atoms with Crippen LogP contribution in [0.5, 0.6) is 0 Å². The van der Waals surface area contributed by atoms with Gasteiger partial charge in [0.1, 0.15) is 6.10 Å². The Balaban J connectivity index is 2.13. The van der Waals surface area contributed by atoms with Crippen molar-refractivity contribution >= 4 is 21.9 Å². The van der Waals surface area contributed by atoms with Gasteiger partial charge in [0.05, 0.1) is 6.61 Å². The third-order valence-electron chi connectivity index (χ3n) is 1.89. The van der Waals surface area contributed by atoms with Crippen LogP contribution < -0.4 is 0 Å². The second-order valence-electron chi connectivity index (χ2n) is 2.96. The molecule has 13 heavy (non-hydrogen) atoms. The fourth-order valence-corrected chi connectivity index (χ4v) is 1.98. The second kappa shape index (κ2) is 3.40. The molecule has 3 atom stereocenters. The van der Waals surface area contributed by atoms with E-state index in [1.54, 1.807) is 0 Å². The van der Waals surface area contributed by atoms with Gasteiger partial charge < -0.3 is 14.2 Å². The van der Waals surface area contributed by atoms with Crippen molar-refractivity contribution in [3.63, 3.8) is 0 Å². The van der Waals surface area contributed by atoms with E-state index in [1.165, 1.54) is 6.92 Å². The lowest BCUT2D eigenvalue weighted by Crippen LogP contribution is -2.35. The van der Waals surface area contributed by atoms with Crippen LogP contribution in [0.25, 0.3) is 0 Å². The molecule has 2 aliphatic heterocycles. The van der Waals surface area contributed by atoms with Crippen LogP contribution in [-0.2, 0) is 19.0 Å². The number of esters is 1. The van der Waals surface area contributed by atoms with Crippen molar-refractivity contribution in [3.8, 4) is 0 Å². The summed E-state index contributed by atoms with van der Waals surface area (Å²) in [5, 5.41) is 0. The molecule has 2 rings (SSSR count). The molecular formula is C8H9BrO4. The molecule has 1 fully saturated rings. The molecule has 2 aliphatic rings. The summed E-state index contributed by atoms with van der Waals surface area (Å²) in [5.74, 6) is -0.340. The first kappa shape index (κ1) is 9.18. The fourth-order valence-electron chi connectivity index (χ4n) is 1.38. The Labute approximate surface area is 84.0 Å². The van der Waals surface area contributed by atoms with Crippen molar-refractivity contribution in [3.05, 3.63) is 10.6 Å². The lowest BCUT2D eigenvalue weighted by molar-refractivity contribution is -0.168. The van der Waals surface area contributed by atoms with Crippen LogP contribution in [0.15, 0.2) is 10.6 Å². The van der Waals surface area contributed by atoms with E-state index in [1.807, 2.05) is 6.08 Å². The fraction of sp³-hybridized carbons (Fsp3) is 0.625. The first-order chi connectivity index (χ1) is 6.16. The number of carbonyl (C=O) groups excluding carboxylic acids is 1. The highest BCUT2D eigenvalue weighted by Crippen LogP contribution is 2.31. The predicted molar refractivity (Wildman–Crippen MR) is 47.2 cm³/mol. The summed E-state index contributed by atoms with van der Waals surface area (Å²) in [4.78, 5) is 10.8. The van der Waals surface area contributed by atoms with Crippen molar-refractivity contribution in [1.82, 2.24) is 0 Å². The molecule has 0 amide bonds. The van der Waals surface area contributed by atoms with Crippen LogP contribution in [0.3, 0.4) is 0 Å². The molecule has 0 radical (unpaired) electrons. The average Bonchev–Trinajstić information content (AvgIpc) is 2.42. The van der Waals surface area contributed by atoms with Crippen molar-refractivity contribution < 1.29 is 19.0 Å². The molecule has 2 heterocycles. The standard InChI is InChI=1S/C8H9BrO4/c1-4(10)12-7-6(9)2-5-3-11-8(7)13-5/h2,5,7-8H,3H2,1H3/t5-,7+,8+/m0/s1. The van der Waals surface area contributed by atoms with E-state index < -0.39 is 12.4 Å². The number of carbonyl (C=O) groups is 1. The summed E-state index contributed by atoms with van der Waals surface area (Å²) < 4.78 is 16.5. The zero-order valence-corrected chi connectivity index (χ0v) is 8.61. The molecule has 0 aromatic rings. The molecule has 0 spiro atoms. The Kier molecular flexibility index (Phi) is 2.40. The highest BCUT2D eigenvalue weighted by molar-refractivity contribution is 9.11. The predicted octanol–water partition coefficient (Wildman–Crippen LogP) is 0.952. The number of fused-ring (bicyclic) bond motifs is 2. The summed E-state index contributed by atoms with van der Waals surface area (Å²) in [7, 11) is 0. The van der Waals surface area contributed by atoms with E-state index in [9.17, 15) is 4.79 Å². The molecule has 72 valence electrons. The summed E-state index contributed by atoms with van der Waals surface area (Å²) in [6, 6.07) is 0. The van der Waals surface area contributed by atoms with Crippen LogP contribution in [0, 0.1) is 0 Å². The Morgan fingerprint density at radius 3 is 3.23 bits per heavy atom. The minimum atomic E-state index is -0.451. The molecule has 0 saturated carbocycles. The number of hydrogen-bond acceptors (Lipinski definition) is 4. The van der Waals surface area contributed by atoms with E-state index in [-0.39, 0.29) is 12.1 Å². The van der Waals surface area contributed by atoms with E-state index in [4.69, 9.17) is 14.2 Å². The molecule has 0 aliphatic carbocycles. The van der Waals surface area contributed by atoms with E-state index in [2.05, 4.69) is 15.9 Å². The Hall–Kier alpha value is -0.390. The average molecular weight is 249 g/mol. The molecular weight excluding hydrogens is 240 g/mol. The van der Waals surface area contributed by atoms with E-state index in [0.29, 0.717) is 6.61 Å². The van der Waals surface area contributed by atoms with Crippen LogP contribution >= 0.6 is 15.9 Å². The highest BCUT2D eigenvalue weighted by atomic mass is 79.9. The van der Waals surface area contributed by atoms with Gasteiger partial charge >= 0.3 is 5.97 Å². The highest BCUT2D eigenvalue weighted by Gasteiger charge is 2.40. The number of hydrogen-bond donors (Lipinski definition) is 0. The lowest BCUT2D eigenvalue weighted by atomic mass is 10.2. The van der Waals surface area contributed by atoms with Gasteiger partial charge in [-0.15, -0.1) is 0 Å². The number of ether oxygens (including phenoxy) is 3. The van der Waals surface area contributed by atoms with E-state index in [0.717, 1.165) is 4.48 Å². The van der Waals surface area contributed by atoms with Crippen LogP contribution in [0.4, 0.5) is 0 Å². The Morgan fingerprint density at radius 1 is 1.77 bits per heavy atom. The first-order valence-electron chi connectivity index (χ1n) is 3.98. The van der Waals surface area contributed by atoms with Crippen molar-refractivity contribution in [2.45, 2.75) is 25.4 Å². The molecule has 0 aromatic carbocycles. The van der Waals surface area contributed by atoms with Crippen molar-refractivity contribution in [2.24, 2.45) is 0 Å². The quantitative estimate of drug-likeness (QED) is 0.649. The first-order valence-corrected chi connectivity index (χ1v) is 4.77. The van der Waals surface area contributed by atoms with Gasteiger partial charge in [0, 0.05) is 11.4 Å². The van der Waals surface area contributed by atoms with Crippen LogP contribution in [-0.4, -0.2) is 31.1 Å². The topological polar surface area (TPSA) is 44.8 Å². The van der Waals surface area contributed by atoms with Gasteiger partial charge in [0.15, 0.2) is 6.10 Å². The van der Waals surface area contributed by atoms with Crippen molar-refractivity contribution in [2.75, 3.05) is 6.61 Å². The zero-order valence-electron chi connectivity index (χ0n) is 7.03. The smallest absolute Gasteiger partial charge is 0.303 e. The summed E-state index contributed by atoms with van der Waals surface area (Å²) in [6.45, 7) is 1.89. The normalized spacial score (nSPS) is 37.1. The minimum absolute atomic E-state index is 0.00816. The third kappa shape index (κ3) is 1.77. The monoisotopic (exact) mass is 248 g/mol. The summed E-state index contributed by atoms with van der Waals surface area (Å²) in [6.07, 6.45) is 0.951. The Bertz CT molecular complexity index is 263. The largest absolute Gasteiger partial charge is 0.452 e. The molecule has 5 heteroatoms. The molecule has 4 nitrogen and oxygen atoms in total. The second-order valence-corrected chi connectivity index (χ2v) is 3.87. The minimum Gasteiger partial charge on any atom is -0.452 e. The maximum absolute atomic E-state index is 10.8. The SMILES string of the molecule is CC(=O)O[C@@H]1C(Br)=C[C@H]2CO[C@@H]1O2. The Morgan fingerprint density at radius 2 is 2.54 bits per heavy atom. The molecule has 2 bridgehead atoms. The molecule has 0 unspecified atom stereocenters. The lowest BCUT2D eigenvalue weighted by Gasteiger charge is -2.25. The van der Waals surface area contributed by atoms with Crippen molar-refractivity contribution in [1.29, 1.82) is 0 Å². The van der Waals surface area contributed by atoms with Crippen LogP contribution in [0.1, 0.15) is 6.92 Å². The molecule has 0 N–H and O–H groups in total. The van der Waals surface area contributed by atoms with Gasteiger partial charge in [-0.25, -0.2) is 0 Å². The third-order valence-corrected chi connectivity index (χ3v) is 2.61. The van der Waals surface area contributed by atoms with Gasteiger partial charge in [-0.1, -0.05) is 15.9 Å². The van der Waals surface area contributed by atoms with Gasteiger partial charge in [0.2, 0.25) is 6.29 Å². The number of halogens is 1.